The zero-order chi connectivity index (χ0) is 22.9. The Labute approximate surface area is 186 Å². The van der Waals surface area contributed by atoms with Crippen molar-refractivity contribution < 1.29 is 34.0 Å². The lowest BCUT2D eigenvalue weighted by Gasteiger charge is -2.42. The summed E-state index contributed by atoms with van der Waals surface area (Å²) in [7, 11) is 0. The number of hydrogen-bond acceptors (Lipinski definition) is 7. The molecule has 0 aromatic heterocycles. The van der Waals surface area contributed by atoms with Crippen LogP contribution in [-0.2, 0) is 23.8 Å². The van der Waals surface area contributed by atoms with E-state index in [-0.39, 0.29) is 11.0 Å². The molecule has 8 atom stereocenters. The molecule has 8 unspecified atom stereocenters. The van der Waals surface area contributed by atoms with Crippen LogP contribution in [0.1, 0.15) is 34.6 Å². The van der Waals surface area contributed by atoms with Crippen LogP contribution in [0.3, 0.4) is 0 Å². The molecular weight excluding hydrogens is 424 g/mol. The van der Waals surface area contributed by atoms with Gasteiger partial charge in [0.15, 0.2) is 5.79 Å². The molecule has 0 spiro atoms. The molecule has 3 heterocycles. The van der Waals surface area contributed by atoms with Gasteiger partial charge in [0.1, 0.15) is 23.4 Å². The van der Waals surface area contributed by atoms with Crippen LogP contribution in [0.15, 0.2) is 46.4 Å². The second-order valence-corrected chi connectivity index (χ2v) is 9.48. The van der Waals surface area contributed by atoms with Crippen LogP contribution in [0.25, 0.3) is 0 Å². The Hall–Kier alpha value is -1.93. The van der Waals surface area contributed by atoms with Crippen molar-refractivity contribution in [2.45, 2.75) is 58.2 Å². The van der Waals surface area contributed by atoms with Crippen molar-refractivity contribution in [3.05, 3.63) is 46.4 Å². The smallest absolute Gasteiger partial charge is 0.315 e. The molecule has 2 N–H and O–H groups in total. The Bertz CT molecular complexity index is 961. The number of ether oxygens (including phenoxy) is 3. The van der Waals surface area contributed by atoms with Gasteiger partial charge in [0, 0.05) is 28.9 Å². The summed E-state index contributed by atoms with van der Waals surface area (Å²) in [5.41, 5.74) is -0.599. The molecule has 0 bridgehead atoms. The van der Waals surface area contributed by atoms with Gasteiger partial charge in [-0.3, -0.25) is 9.59 Å². The van der Waals surface area contributed by atoms with Crippen LogP contribution in [0.5, 0.6) is 0 Å². The minimum Gasteiger partial charge on any atom is -0.465 e. The number of fused-ring (bicyclic) bond motifs is 5. The van der Waals surface area contributed by atoms with E-state index >= 15 is 0 Å². The lowest BCUT2D eigenvalue weighted by atomic mass is 9.65. The van der Waals surface area contributed by atoms with Gasteiger partial charge in [-0.15, -0.1) is 0 Å². The molecule has 3 aliphatic heterocycles. The maximum absolute atomic E-state index is 13.3. The normalized spacial score (nSPS) is 41.5. The highest BCUT2D eigenvalue weighted by molar-refractivity contribution is 6.45. The molecule has 0 radical (unpaired) electrons. The number of ketones is 1. The summed E-state index contributed by atoms with van der Waals surface area (Å²) in [6.45, 7) is 8.51. The van der Waals surface area contributed by atoms with Gasteiger partial charge in [0.05, 0.1) is 17.4 Å². The van der Waals surface area contributed by atoms with E-state index in [0.717, 1.165) is 0 Å². The number of carbonyl (C=O) groups excluding carboxylic acids is 2. The number of rotatable bonds is 3. The summed E-state index contributed by atoms with van der Waals surface area (Å²) in [4.78, 5) is 26.2. The minimum absolute atomic E-state index is 0.0425. The van der Waals surface area contributed by atoms with Gasteiger partial charge in [-0.05, 0) is 32.9 Å². The van der Waals surface area contributed by atoms with Gasteiger partial charge in [-0.2, -0.15) is 0 Å². The summed E-state index contributed by atoms with van der Waals surface area (Å²) < 4.78 is 17.2. The largest absolute Gasteiger partial charge is 0.465 e. The number of allylic oxidation sites excluding steroid dienone is 3. The Balaban J connectivity index is 1.77. The fraction of sp³-hybridized carbons (Fsp3) is 0.565. The second kappa shape index (κ2) is 7.30. The second-order valence-electron chi connectivity index (χ2n) is 9.10. The molecule has 2 saturated heterocycles. The summed E-state index contributed by atoms with van der Waals surface area (Å²) in [5.74, 6) is -5.11. The van der Waals surface area contributed by atoms with Gasteiger partial charge >= 0.3 is 5.97 Å². The molecule has 4 aliphatic rings. The number of carbonyl (C=O) groups is 2. The van der Waals surface area contributed by atoms with E-state index in [2.05, 4.69) is 0 Å². The van der Waals surface area contributed by atoms with Gasteiger partial charge in [0.25, 0.3) is 0 Å². The Morgan fingerprint density at radius 3 is 2.55 bits per heavy atom. The highest BCUT2D eigenvalue weighted by atomic mass is 35.5. The molecule has 2 fully saturated rings. The minimum atomic E-state index is -1.87. The van der Waals surface area contributed by atoms with Crippen LogP contribution < -0.4 is 0 Å². The summed E-state index contributed by atoms with van der Waals surface area (Å²) in [5, 5.41) is 21.0. The molecule has 0 aromatic carbocycles. The number of cyclic esters (lactones) is 1. The van der Waals surface area contributed by atoms with Crippen molar-refractivity contribution in [2.24, 2.45) is 23.7 Å². The molecule has 1 aliphatic carbocycles. The zero-order valence-corrected chi connectivity index (χ0v) is 18.8. The molecular formula is C23H27ClO7. The lowest BCUT2D eigenvalue weighted by Crippen LogP contribution is -2.56. The zero-order valence-electron chi connectivity index (χ0n) is 18.1. The Morgan fingerprint density at radius 2 is 1.90 bits per heavy atom. The first-order valence-corrected chi connectivity index (χ1v) is 10.8. The van der Waals surface area contributed by atoms with E-state index in [1.807, 2.05) is 6.92 Å². The first-order chi connectivity index (χ1) is 14.4. The van der Waals surface area contributed by atoms with E-state index in [1.54, 1.807) is 45.9 Å². The van der Waals surface area contributed by atoms with E-state index in [9.17, 15) is 19.8 Å². The quantitative estimate of drug-likeness (QED) is 0.637. The maximum atomic E-state index is 13.3. The van der Waals surface area contributed by atoms with Crippen LogP contribution >= 0.6 is 11.6 Å². The summed E-state index contributed by atoms with van der Waals surface area (Å²) in [6.07, 6.45) is 5.46. The predicted molar refractivity (Wildman–Crippen MR) is 111 cm³/mol. The average Bonchev–Trinajstić information content (AvgIpc) is 2.98. The van der Waals surface area contributed by atoms with Crippen molar-refractivity contribution in [3.8, 4) is 0 Å². The molecule has 0 aromatic rings. The van der Waals surface area contributed by atoms with Gasteiger partial charge in [-0.1, -0.05) is 31.5 Å². The number of halogens is 1. The van der Waals surface area contributed by atoms with Crippen molar-refractivity contribution in [1.29, 1.82) is 0 Å². The molecule has 7 nitrogen and oxygen atoms in total. The highest BCUT2D eigenvalue weighted by Crippen LogP contribution is 2.60. The van der Waals surface area contributed by atoms with Crippen molar-refractivity contribution >= 4 is 23.4 Å². The number of Topliss-reactive ketones (excluding diaryl/α,β-unsaturated/α-hetero) is 1. The standard InChI is InChI=1S/C23H27ClO7/c1-10(12(3)25)6-7-14-8-15-16(9-29-14)17-18-21(27)30-13(4)11(2)23(18,28)31-22(17,5)20(26)19(15)24/h6-13,17-18,25,28H,1-5H3/b7-6+. The summed E-state index contributed by atoms with van der Waals surface area (Å²) in [6, 6.07) is 0. The Morgan fingerprint density at radius 1 is 1.23 bits per heavy atom. The highest BCUT2D eigenvalue weighted by Gasteiger charge is 2.72. The molecule has 0 saturated carbocycles. The monoisotopic (exact) mass is 450 g/mol. The number of aliphatic hydroxyl groups is 2. The van der Waals surface area contributed by atoms with Crippen LogP contribution in [0.4, 0.5) is 0 Å². The first-order valence-electron chi connectivity index (χ1n) is 10.4. The molecule has 31 heavy (non-hydrogen) atoms. The molecule has 8 heteroatoms. The van der Waals surface area contributed by atoms with E-state index < -0.39 is 53.1 Å². The van der Waals surface area contributed by atoms with Crippen molar-refractivity contribution in [1.82, 2.24) is 0 Å². The maximum Gasteiger partial charge on any atom is 0.315 e. The van der Waals surface area contributed by atoms with Crippen LogP contribution in [0.2, 0.25) is 0 Å². The fourth-order valence-electron chi connectivity index (χ4n) is 4.78. The third kappa shape index (κ3) is 3.13. The molecule has 4 rings (SSSR count). The summed E-state index contributed by atoms with van der Waals surface area (Å²) >= 11 is 6.47. The van der Waals surface area contributed by atoms with Gasteiger partial charge in [-0.25, -0.2) is 0 Å². The van der Waals surface area contributed by atoms with Crippen molar-refractivity contribution in [3.63, 3.8) is 0 Å². The van der Waals surface area contributed by atoms with Gasteiger partial charge < -0.3 is 24.4 Å². The number of aliphatic hydroxyl groups excluding tert-OH is 1. The van der Waals surface area contributed by atoms with E-state index in [1.165, 1.54) is 6.26 Å². The predicted octanol–water partition coefficient (Wildman–Crippen LogP) is 2.72. The van der Waals surface area contributed by atoms with E-state index in [4.69, 9.17) is 25.8 Å². The third-order valence-corrected chi connectivity index (χ3v) is 7.50. The van der Waals surface area contributed by atoms with E-state index in [0.29, 0.717) is 16.9 Å². The van der Waals surface area contributed by atoms with Crippen LogP contribution in [0, 0.1) is 23.7 Å². The lowest BCUT2D eigenvalue weighted by molar-refractivity contribution is -0.286. The third-order valence-electron chi connectivity index (χ3n) is 7.13. The topological polar surface area (TPSA) is 102 Å². The SMILES string of the molecule is CC(O)C(C)/C=C/C1=CC2=C(Cl)C(=O)C3(C)OC4(O)C(C)C(C)OC(=O)C4C3C2=CO1. The van der Waals surface area contributed by atoms with Gasteiger partial charge in [0.2, 0.25) is 5.78 Å². The number of esters is 1. The average molecular weight is 451 g/mol. The Kier molecular flexibility index (Phi) is 5.25. The first kappa shape index (κ1) is 22.3. The molecule has 168 valence electrons. The number of hydrogen-bond donors (Lipinski definition) is 2. The van der Waals surface area contributed by atoms with Crippen molar-refractivity contribution in [2.75, 3.05) is 0 Å². The molecule has 0 amide bonds. The van der Waals surface area contributed by atoms with Crippen LogP contribution in [-0.4, -0.2) is 45.6 Å². The fourth-order valence-corrected chi connectivity index (χ4v) is 5.14.